The van der Waals surface area contributed by atoms with Gasteiger partial charge in [-0.25, -0.2) is 4.98 Å². The van der Waals surface area contributed by atoms with E-state index in [0.717, 1.165) is 25.4 Å². The van der Waals surface area contributed by atoms with Crippen LogP contribution in [0.5, 0.6) is 0 Å². The van der Waals surface area contributed by atoms with Crippen molar-refractivity contribution in [1.82, 2.24) is 15.3 Å². The first kappa shape index (κ1) is 8.72. The summed E-state index contributed by atoms with van der Waals surface area (Å²) in [6.07, 6.45) is 6.35. The molecule has 4 heteroatoms. The Labute approximate surface area is 77.7 Å². The van der Waals surface area contributed by atoms with Gasteiger partial charge in [-0.15, -0.1) is 0 Å². The normalized spacial score (nSPS) is 22.3. The van der Waals surface area contributed by atoms with E-state index >= 15 is 0 Å². The van der Waals surface area contributed by atoms with Gasteiger partial charge >= 0.3 is 0 Å². The Morgan fingerprint density at radius 1 is 1.69 bits per heavy atom. The number of aromatic nitrogens is 2. The highest BCUT2D eigenvalue weighted by atomic mass is 16.5. The fourth-order valence-electron chi connectivity index (χ4n) is 1.55. The van der Waals surface area contributed by atoms with Crippen LogP contribution in [0.25, 0.3) is 0 Å². The summed E-state index contributed by atoms with van der Waals surface area (Å²) < 4.78 is 5.48. The third kappa shape index (κ3) is 2.54. The molecule has 2 N–H and O–H groups in total. The summed E-state index contributed by atoms with van der Waals surface area (Å²) in [7, 11) is 0. The molecule has 0 saturated carbocycles. The Bertz CT molecular complexity index is 229. The van der Waals surface area contributed by atoms with Crippen molar-refractivity contribution >= 4 is 0 Å². The molecule has 0 aliphatic carbocycles. The van der Waals surface area contributed by atoms with Gasteiger partial charge in [-0.05, 0) is 12.8 Å². The number of hydrogen-bond donors (Lipinski definition) is 2. The molecule has 2 heterocycles. The van der Waals surface area contributed by atoms with Crippen molar-refractivity contribution in [1.29, 1.82) is 0 Å². The molecule has 13 heavy (non-hydrogen) atoms. The van der Waals surface area contributed by atoms with E-state index < -0.39 is 0 Å². The molecule has 1 saturated heterocycles. The first-order chi connectivity index (χ1) is 6.45. The van der Waals surface area contributed by atoms with Crippen LogP contribution in [0.3, 0.4) is 0 Å². The lowest BCUT2D eigenvalue weighted by atomic mass is 10.2. The molecule has 0 aromatic carbocycles. The minimum absolute atomic E-state index is 0.419. The van der Waals surface area contributed by atoms with Crippen LogP contribution >= 0.6 is 0 Å². The van der Waals surface area contributed by atoms with Crippen LogP contribution in [0.1, 0.15) is 18.5 Å². The van der Waals surface area contributed by atoms with Gasteiger partial charge in [0.1, 0.15) is 0 Å². The maximum Gasteiger partial charge on any atom is 0.0922 e. The second-order valence-electron chi connectivity index (χ2n) is 3.34. The first-order valence-electron chi connectivity index (χ1n) is 4.75. The summed E-state index contributed by atoms with van der Waals surface area (Å²) in [5, 5.41) is 3.33. The lowest BCUT2D eigenvalue weighted by molar-refractivity contribution is 0.110. The van der Waals surface area contributed by atoms with E-state index in [0.29, 0.717) is 6.10 Å². The van der Waals surface area contributed by atoms with Gasteiger partial charge in [-0.3, -0.25) is 0 Å². The van der Waals surface area contributed by atoms with E-state index in [-0.39, 0.29) is 0 Å². The number of H-pyrrole nitrogens is 1. The Hall–Kier alpha value is -0.870. The van der Waals surface area contributed by atoms with Gasteiger partial charge in [0.05, 0.1) is 12.4 Å². The molecule has 1 fully saturated rings. The van der Waals surface area contributed by atoms with Crippen LogP contribution < -0.4 is 5.32 Å². The number of nitrogens with one attached hydrogen (secondary N) is 2. The summed E-state index contributed by atoms with van der Waals surface area (Å²) >= 11 is 0. The van der Waals surface area contributed by atoms with Crippen molar-refractivity contribution in [3.63, 3.8) is 0 Å². The molecule has 0 amide bonds. The molecular formula is C9H15N3O. The van der Waals surface area contributed by atoms with Crippen molar-refractivity contribution in [3.05, 3.63) is 18.2 Å². The van der Waals surface area contributed by atoms with Crippen molar-refractivity contribution in [2.45, 2.75) is 25.5 Å². The number of imidazole rings is 1. The zero-order valence-electron chi connectivity index (χ0n) is 7.62. The Morgan fingerprint density at radius 2 is 2.69 bits per heavy atom. The summed E-state index contributed by atoms with van der Waals surface area (Å²) in [6.45, 7) is 2.72. The highest BCUT2D eigenvalue weighted by molar-refractivity contribution is 4.93. The predicted molar refractivity (Wildman–Crippen MR) is 49.3 cm³/mol. The smallest absolute Gasteiger partial charge is 0.0922 e. The van der Waals surface area contributed by atoms with Gasteiger partial charge in [0.15, 0.2) is 0 Å². The molecule has 1 atom stereocenters. The van der Waals surface area contributed by atoms with Gasteiger partial charge in [0, 0.05) is 31.6 Å². The quantitative estimate of drug-likeness (QED) is 0.718. The van der Waals surface area contributed by atoms with Crippen molar-refractivity contribution in [3.8, 4) is 0 Å². The molecule has 1 aliphatic heterocycles. The summed E-state index contributed by atoms with van der Waals surface area (Å²) in [6, 6.07) is 0. The molecule has 4 nitrogen and oxygen atoms in total. The standard InChI is InChI=1S/C9H15N3O/c1-2-9(13-3-1)6-10-4-8-5-11-7-12-8/h5,7,9-10H,1-4,6H2,(H,11,12). The van der Waals surface area contributed by atoms with E-state index in [4.69, 9.17) is 4.74 Å². The zero-order chi connectivity index (χ0) is 8.93. The average molecular weight is 181 g/mol. The van der Waals surface area contributed by atoms with Gasteiger partial charge in [-0.1, -0.05) is 0 Å². The minimum atomic E-state index is 0.419. The lowest BCUT2D eigenvalue weighted by Crippen LogP contribution is -2.25. The van der Waals surface area contributed by atoms with Crippen molar-refractivity contribution in [2.24, 2.45) is 0 Å². The van der Waals surface area contributed by atoms with Gasteiger partial charge in [-0.2, -0.15) is 0 Å². The number of rotatable bonds is 4. The fraction of sp³-hybridized carbons (Fsp3) is 0.667. The second-order valence-corrected chi connectivity index (χ2v) is 3.34. The third-order valence-corrected chi connectivity index (χ3v) is 2.27. The van der Waals surface area contributed by atoms with Gasteiger partial charge in [0.25, 0.3) is 0 Å². The number of hydrogen-bond acceptors (Lipinski definition) is 3. The highest BCUT2D eigenvalue weighted by Gasteiger charge is 2.14. The van der Waals surface area contributed by atoms with E-state index in [2.05, 4.69) is 15.3 Å². The SMILES string of the molecule is c1ncc(CNCC2CCCO2)[nH]1. The molecule has 1 aromatic rings. The summed E-state index contributed by atoms with van der Waals surface area (Å²) in [5.41, 5.74) is 1.12. The third-order valence-electron chi connectivity index (χ3n) is 2.27. The highest BCUT2D eigenvalue weighted by Crippen LogP contribution is 2.10. The Balaban J connectivity index is 1.63. The number of ether oxygens (including phenoxy) is 1. The van der Waals surface area contributed by atoms with Crippen LogP contribution in [-0.2, 0) is 11.3 Å². The molecule has 0 radical (unpaired) electrons. The molecular weight excluding hydrogens is 166 g/mol. The van der Waals surface area contributed by atoms with Gasteiger partial charge < -0.3 is 15.0 Å². The number of aromatic amines is 1. The van der Waals surface area contributed by atoms with E-state index in [1.165, 1.54) is 12.8 Å². The van der Waals surface area contributed by atoms with Crippen LogP contribution in [0.4, 0.5) is 0 Å². The molecule has 72 valence electrons. The van der Waals surface area contributed by atoms with Gasteiger partial charge in [0.2, 0.25) is 0 Å². The molecule has 0 spiro atoms. The lowest BCUT2D eigenvalue weighted by Gasteiger charge is -2.09. The van der Waals surface area contributed by atoms with E-state index in [9.17, 15) is 0 Å². The first-order valence-corrected chi connectivity index (χ1v) is 4.75. The topological polar surface area (TPSA) is 49.9 Å². The van der Waals surface area contributed by atoms with E-state index in [1.807, 2.05) is 6.20 Å². The summed E-state index contributed by atoms with van der Waals surface area (Å²) in [4.78, 5) is 6.99. The van der Waals surface area contributed by atoms with Crippen LogP contribution in [-0.4, -0.2) is 29.2 Å². The van der Waals surface area contributed by atoms with Crippen LogP contribution in [0, 0.1) is 0 Å². The largest absolute Gasteiger partial charge is 0.377 e. The molecule has 1 unspecified atom stereocenters. The van der Waals surface area contributed by atoms with Crippen LogP contribution in [0.15, 0.2) is 12.5 Å². The van der Waals surface area contributed by atoms with Crippen LogP contribution in [0.2, 0.25) is 0 Å². The Kier molecular flexibility index (Phi) is 2.94. The maximum absolute atomic E-state index is 5.48. The van der Waals surface area contributed by atoms with Crippen molar-refractivity contribution in [2.75, 3.05) is 13.2 Å². The minimum Gasteiger partial charge on any atom is -0.377 e. The number of nitrogens with zero attached hydrogens (tertiary/aromatic N) is 1. The maximum atomic E-state index is 5.48. The van der Waals surface area contributed by atoms with E-state index in [1.54, 1.807) is 6.33 Å². The predicted octanol–water partition coefficient (Wildman–Crippen LogP) is 0.678. The second kappa shape index (κ2) is 4.39. The molecule has 1 aromatic heterocycles. The molecule has 2 rings (SSSR count). The Morgan fingerprint density at radius 3 is 3.38 bits per heavy atom. The summed E-state index contributed by atoms with van der Waals surface area (Å²) in [5.74, 6) is 0. The monoisotopic (exact) mass is 181 g/mol. The zero-order valence-corrected chi connectivity index (χ0v) is 7.62. The molecule has 0 bridgehead atoms. The molecule has 1 aliphatic rings. The average Bonchev–Trinajstić information content (AvgIpc) is 2.75. The fourth-order valence-corrected chi connectivity index (χ4v) is 1.55. The van der Waals surface area contributed by atoms with Crippen molar-refractivity contribution < 1.29 is 4.74 Å².